The normalized spacial score (nSPS) is 16.6. The lowest BCUT2D eigenvalue weighted by Crippen LogP contribution is -2.44. The van der Waals surface area contributed by atoms with E-state index in [9.17, 15) is 4.79 Å². The highest BCUT2D eigenvalue weighted by Gasteiger charge is 2.47. The number of anilines is 1. The highest BCUT2D eigenvalue weighted by molar-refractivity contribution is 6.06. The van der Waals surface area contributed by atoms with E-state index in [0.29, 0.717) is 6.42 Å². The molecular weight excluding hydrogens is 438 g/mol. The fourth-order valence-corrected chi connectivity index (χ4v) is 5.46. The lowest BCUT2D eigenvalue weighted by atomic mass is 9.74. The van der Waals surface area contributed by atoms with Crippen LogP contribution in [-0.2, 0) is 16.6 Å². The standard InChI is InChI=1S/C27H23N7O/c35-26-27(8-11-28-12-9-27)20-16-19(4-6-23(20)31-26)22-7-13-34-25(30-22)24(32-33-34)15-17-3-5-21-18(14-17)2-1-10-29-21/h1-7,10,13-14,16,28H,8-9,11-12,15H2,(H,31,35). The van der Waals surface area contributed by atoms with Crippen LogP contribution in [0.25, 0.3) is 27.8 Å². The van der Waals surface area contributed by atoms with E-state index in [-0.39, 0.29) is 5.91 Å². The molecule has 0 bridgehead atoms. The van der Waals surface area contributed by atoms with Gasteiger partial charge in [-0.3, -0.25) is 9.78 Å². The number of carbonyl (C=O) groups excluding carboxylic acids is 1. The number of carbonyl (C=O) groups is 1. The largest absolute Gasteiger partial charge is 0.325 e. The zero-order valence-electron chi connectivity index (χ0n) is 19.0. The van der Waals surface area contributed by atoms with Crippen molar-refractivity contribution in [3.63, 3.8) is 0 Å². The van der Waals surface area contributed by atoms with Gasteiger partial charge in [0.25, 0.3) is 0 Å². The number of aromatic nitrogens is 5. The number of fused-ring (bicyclic) bond motifs is 4. The van der Waals surface area contributed by atoms with Gasteiger partial charge in [-0.15, -0.1) is 5.10 Å². The van der Waals surface area contributed by atoms with Crippen molar-refractivity contribution in [2.24, 2.45) is 0 Å². The van der Waals surface area contributed by atoms with Crippen molar-refractivity contribution in [1.29, 1.82) is 0 Å². The summed E-state index contributed by atoms with van der Waals surface area (Å²) in [7, 11) is 0. The number of piperidine rings is 1. The molecule has 0 atom stereocenters. The van der Waals surface area contributed by atoms with Gasteiger partial charge >= 0.3 is 0 Å². The van der Waals surface area contributed by atoms with Crippen LogP contribution in [0.2, 0.25) is 0 Å². The summed E-state index contributed by atoms with van der Waals surface area (Å²) in [4.78, 5) is 22.3. The van der Waals surface area contributed by atoms with E-state index >= 15 is 0 Å². The second kappa shape index (κ2) is 7.68. The third-order valence-electron chi connectivity index (χ3n) is 7.35. The summed E-state index contributed by atoms with van der Waals surface area (Å²) in [5, 5.41) is 16.3. The fraction of sp³-hybridized carbons (Fsp3) is 0.222. The summed E-state index contributed by atoms with van der Waals surface area (Å²) in [6.45, 7) is 1.69. The van der Waals surface area contributed by atoms with Crippen LogP contribution in [0.5, 0.6) is 0 Å². The average molecular weight is 462 g/mol. The molecule has 1 fully saturated rings. The minimum atomic E-state index is -0.449. The molecular formula is C27H23N7O. The number of hydrogen-bond acceptors (Lipinski definition) is 6. The summed E-state index contributed by atoms with van der Waals surface area (Å²) in [6, 6.07) is 18.4. The summed E-state index contributed by atoms with van der Waals surface area (Å²) >= 11 is 0. The molecule has 0 unspecified atom stereocenters. The molecule has 5 heterocycles. The maximum atomic E-state index is 12.9. The molecule has 0 saturated carbocycles. The quantitative estimate of drug-likeness (QED) is 0.427. The smallest absolute Gasteiger partial charge is 0.235 e. The zero-order valence-corrected chi connectivity index (χ0v) is 19.0. The molecule has 5 aromatic rings. The topological polar surface area (TPSA) is 97.1 Å². The van der Waals surface area contributed by atoms with Crippen LogP contribution in [0.4, 0.5) is 5.69 Å². The molecule has 2 aliphatic heterocycles. The lowest BCUT2D eigenvalue weighted by molar-refractivity contribution is -0.121. The number of pyridine rings is 1. The Hall–Kier alpha value is -4.17. The highest BCUT2D eigenvalue weighted by atomic mass is 16.2. The van der Waals surface area contributed by atoms with Gasteiger partial charge in [-0.05, 0) is 73.5 Å². The number of amides is 1. The molecule has 7 rings (SSSR count). The van der Waals surface area contributed by atoms with Gasteiger partial charge in [0.05, 0.1) is 16.6 Å². The Labute approximate surface area is 201 Å². The molecule has 2 aliphatic rings. The van der Waals surface area contributed by atoms with Crippen LogP contribution in [0, 0.1) is 0 Å². The van der Waals surface area contributed by atoms with Crippen molar-refractivity contribution in [1.82, 2.24) is 30.1 Å². The average Bonchev–Trinajstić information content (AvgIpc) is 3.42. The molecule has 2 aromatic carbocycles. The highest BCUT2D eigenvalue weighted by Crippen LogP contribution is 2.45. The number of benzene rings is 2. The van der Waals surface area contributed by atoms with Gasteiger partial charge in [0, 0.05) is 35.5 Å². The van der Waals surface area contributed by atoms with E-state index in [0.717, 1.165) is 76.2 Å². The van der Waals surface area contributed by atoms with Crippen molar-refractivity contribution in [2.75, 3.05) is 18.4 Å². The Morgan fingerprint density at radius 3 is 2.86 bits per heavy atom. The molecule has 0 aliphatic carbocycles. The van der Waals surface area contributed by atoms with E-state index in [1.807, 2.05) is 36.5 Å². The minimum Gasteiger partial charge on any atom is -0.325 e. The number of nitrogens with zero attached hydrogens (tertiary/aromatic N) is 5. The minimum absolute atomic E-state index is 0.113. The first-order valence-corrected chi connectivity index (χ1v) is 11.9. The van der Waals surface area contributed by atoms with Crippen LogP contribution in [0.1, 0.15) is 29.7 Å². The van der Waals surface area contributed by atoms with Crippen LogP contribution >= 0.6 is 0 Å². The SMILES string of the molecule is O=C1Nc2ccc(-c3ccn4nnc(Cc5ccc6ncccc6c5)c4n3)cc2C12CCNCC2. The summed E-state index contributed by atoms with van der Waals surface area (Å²) in [6.07, 6.45) is 5.94. The molecule has 172 valence electrons. The Bertz CT molecular complexity index is 1620. The second-order valence-electron chi connectivity index (χ2n) is 9.37. The molecule has 8 heteroatoms. The maximum absolute atomic E-state index is 12.9. The van der Waals surface area contributed by atoms with Crippen molar-refractivity contribution < 1.29 is 4.79 Å². The van der Waals surface area contributed by atoms with Gasteiger partial charge in [-0.1, -0.05) is 23.4 Å². The Balaban J connectivity index is 1.26. The monoisotopic (exact) mass is 461 g/mol. The van der Waals surface area contributed by atoms with Crippen molar-refractivity contribution in [3.05, 3.63) is 83.8 Å². The molecule has 1 saturated heterocycles. The van der Waals surface area contributed by atoms with Gasteiger partial charge < -0.3 is 10.6 Å². The van der Waals surface area contributed by atoms with Crippen LogP contribution in [0.15, 0.2) is 67.0 Å². The van der Waals surface area contributed by atoms with Crippen LogP contribution < -0.4 is 10.6 Å². The van der Waals surface area contributed by atoms with Crippen molar-refractivity contribution in [3.8, 4) is 11.3 Å². The van der Waals surface area contributed by atoms with Gasteiger partial charge in [-0.25, -0.2) is 9.50 Å². The maximum Gasteiger partial charge on any atom is 0.235 e. The van der Waals surface area contributed by atoms with E-state index < -0.39 is 5.41 Å². The summed E-state index contributed by atoms with van der Waals surface area (Å²) < 4.78 is 1.72. The first-order valence-electron chi connectivity index (χ1n) is 11.9. The molecule has 3 aromatic heterocycles. The van der Waals surface area contributed by atoms with Gasteiger partial charge in [0.15, 0.2) is 5.65 Å². The predicted molar refractivity (Wildman–Crippen MR) is 133 cm³/mol. The molecule has 1 amide bonds. The first kappa shape index (κ1) is 20.2. The van der Waals surface area contributed by atoms with Gasteiger partial charge in [-0.2, -0.15) is 0 Å². The van der Waals surface area contributed by atoms with E-state index in [2.05, 4.69) is 50.2 Å². The zero-order chi connectivity index (χ0) is 23.4. The van der Waals surface area contributed by atoms with Crippen LogP contribution in [0.3, 0.4) is 0 Å². The van der Waals surface area contributed by atoms with Crippen LogP contribution in [-0.4, -0.2) is 43.8 Å². The lowest BCUT2D eigenvalue weighted by Gasteiger charge is -2.32. The summed E-state index contributed by atoms with van der Waals surface area (Å²) in [5.74, 6) is 0.113. The molecule has 8 nitrogen and oxygen atoms in total. The van der Waals surface area contributed by atoms with Gasteiger partial charge in [0.2, 0.25) is 5.91 Å². The second-order valence-corrected chi connectivity index (χ2v) is 9.37. The molecule has 1 spiro atoms. The van der Waals surface area contributed by atoms with E-state index in [1.54, 1.807) is 10.7 Å². The van der Waals surface area contributed by atoms with E-state index in [4.69, 9.17) is 4.98 Å². The third kappa shape index (κ3) is 3.21. The number of hydrogen-bond donors (Lipinski definition) is 2. The molecule has 2 N–H and O–H groups in total. The predicted octanol–water partition coefficient (Wildman–Crippen LogP) is 3.50. The fourth-order valence-electron chi connectivity index (χ4n) is 5.46. The first-order chi connectivity index (χ1) is 17.2. The van der Waals surface area contributed by atoms with Gasteiger partial charge in [0.1, 0.15) is 5.69 Å². The van der Waals surface area contributed by atoms with Crippen molar-refractivity contribution in [2.45, 2.75) is 24.7 Å². The summed E-state index contributed by atoms with van der Waals surface area (Å²) in [5.41, 5.74) is 7.05. The Morgan fingerprint density at radius 2 is 1.94 bits per heavy atom. The Morgan fingerprint density at radius 1 is 1.03 bits per heavy atom. The number of rotatable bonds is 3. The molecule has 35 heavy (non-hydrogen) atoms. The Kier molecular flexibility index (Phi) is 4.44. The third-order valence-corrected chi connectivity index (χ3v) is 7.35. The molecule has 0 radical (unpaired) electrons. The number of nitrogens with one attached hydrogen (secondary N) is 2. The van der Waals surface area contributed by atoms with Crippen molar-refractivity contribution >= 4 is 28.1 Å². The van der Waals surface area contributed by atoms with E-state index in [1.165, 1.54) is 0 Å².